The molecule has 138 valence electrons. The summed E-state index contributed by atoms with van der Waals surface area (Å²) < 4.78 is 27.8. The molecule has 0 unspecified atom stereocenters. The lowest BCUT2D eigenvalue weighted by Crippen LogP contribution is -2.24. The molecular weight excluding hydrogens is 419 g/mol. The first-order valence-corrected chi connectivity index (χ1v) is 10.4. The number of hydrogen-bond acceptors (Lipinski definition) is 3. The highest BCUT2D eigenvalue weighted by Crippen LogP contribution is 2.34. The van der Waals surface area contributed by atoms with Gasteiger partial charge in [-0.1, -0.05) is 34.8 Å². The highest BCUT2D eigenvalue weighted by molar-refractivity contribution is 7.92. The van der Waals surface area contributed by atoms with Gasteiger partial charge >= 0.3 is 0 Å². The Morgan fingerprint density at radius 2 is 1.73 bits per heavy atom. The van der Waals surface area contributed by atoms with Crippen LogP contribution >= 0.6 is 34.8 Å². The van der Waals surface area contributed by atoms with Crippen LogP contribution in [0.15, 0.2) is 35.2 Å². The third-order valence-electron chi connectivity index (χ3n) is 4.10. The van der Waals surface area contributed by atoms with Crippen LogP contribution < -0.4 is 9.62 Å². The summed E-state index contributed by atoms with van der Waals surface area (Å²) in [5.74, 6) is 0.0458. The van der Waals surface area contributed by atoms with E-state index in [1.165, 1.54) is 24.3 Å². The maximum atomic E-state index is 12.7. The average Bonchev–Trinajstić information content (AvgIpc) is 2.98. The predicted octanol–water partition coefficient (Wildman–Crippen LogP) is 4.88. The fraction of sp³-hybridized carbons (Fsp3) is 0.235. The molecule has 1 aliphatic heterocycles. The third kappa shape index (κ3) is 3.78. The summed E-state index contributed by atoms with van der Waals surface area (Å²) in [5.41, 5.74) is 1.56. The van der Waals surface area contributed by atoms with Gasteiger partial charge in [0.25, 0.3) is 10.0 Å². The van der Waals surface area contributed by atoms with E-state index >= 15 is 0 Å². The third-order valence-corrected chi connectivity index (χ3v) is 6.50. The number of nitrogens with zero attached hydrogens (tertiary/aromatic N) is 1. The molecule has 1 fully saturated rings. The van der Waals surface area contributed by atoms with Gasteiger partial charge in [0.1, 0.15) is 0 Å². The largest absolute Gasteiger partial charge is 0.312 e. The van der Waals surface area contributed by atoms with Crippen molar-refractivity contribution in [2.75, 3.05) is 16.2 Å². The number of hydrogen-bond donors (Lipinski definition) is 1. The average molecular weight is 434 g/mol. The van der Waals surface area contributed by atoms with E-state index in [4.69, 9.17) is 34.8 Å². The lowest BCUT2D eigenvalue weighted by molar-refractivity contribution is -0.117. The van der Waals surface area contributed by atoms with Gasteiger partial charge in [0.15, 0.2) is 0 Å². The first-order chi connectivity index (χ1) is 12.2. The molecule has 5 nitrogen and oxygen atoms in total. The topological polar surface area (TPSA) is 66.5 Å². The Morgan fingerprint density at radius 1 is 1.04 bits per heavy atom. The van der Waals surface area contributed by atoms with E-state index in [-0.39, 0.29) is 31.6 Å². The fourth-order valence-corrected chi connectivity index (χ4v) is 4.61. The van der Waals surface area contributed by atoms with E-state index < -0.39 is 10.0 Å². The van der Waals surface area contributed by atoms with E-state index in [1.807, 2.05) is 0 Å². The van der Waals surface area contributed by atoms with Crippen molar-refractivity contribution in [3.05, 3.63) is 51.0 Å². The summed E-state index contributed by atoms with van der Waals surface area (Å²) >= 11 is 17.8. The van der Waals surface area contributed by atoms with Gasteiger partial charge in [0.05, 0.1) is 25.7 Å². The first kappa shape index (κ1) is 19.3. The van der Waals surface area contributed by atoms with Gasteiger partial charge in [0, 0.05) is 18.7 Å². The molecule has 1 saturated heterocycles. The van der Waals surface area contributed by atoms with Gasteiger partial charge in [-0.25, -0.2) is 8.42 Å². The van der Waals surface area contributed by atoms with Crippen LogP contribution in [0.3, 0.4) is 0 Å². The fourth-order valence-electron chi connectivity index (χ4n) is 2.81. The normalized spacial score (nSPS) is 14.8. The number of nitrogens with one attached hydrogen (secondary N) is 1. The van der Waals surface area contributed by atoms with Crippen LogP contribution in [0.5, 0.6) is 0 Å². The number of anilines is 2. The smallest absolute Gasteiger partial charge is 0.261 e. The van der Waals surface area contributed by atoms with E-state index in [2.05, 4.69) is 4.72 Å². The molecule has 0 bridgehead atoms. The van der Waals surface area contributed by atoms with E-state index in [1.54, 1.807) is 17.9 Å². The molecule has 0 aliphatic carbocycles. The second kappa shape index (κ2) is 7.27. The number of rotatable bonds is 4. The maximum Gasteiger partial charge on any atom is 0.261 e. The molecule has 1 N–H and O–H groups in total. The number of carbonyl (C=O) groups excluding carboxylic acids is 1. The first-order valence-electron chi connectivity index (χ1n) is 7.77. The maximum absolute atomic E-state index is 12.7. The van der Waals surface area contributed by atoms with Crippen molar-refractivity contribution < 1.29 is 13.2 Å². The summed E-state index contributed by atoms with van der Waals surface area (Å²) in [7, 11) is -3.88. The summed E-state index contributed by atoms with van der Waals surface area (Å²) in [6, 6.07) is 7.35. The number of sulfonamides is 1. The SMILES string of the molecule is Cc1cc(S(=O)(=O)Nc2cc(Cl)c(Cl)cc2Cl)ccc1N1CCCC1=O. The Labute approximate surface area is 166 Å². The van der Waals surface area contributed by atoms with Gasteiger partial charge in [0.2, 0.25) is 5.91 Å². The van der Waals surface area contributed by atoms with Gasteiger partial charge in [-0.3, -0.25) is 9.52 Å². The number of amides is 1. The van der Waals surface area contributed by atoms with Crippen molar-refractivity contribution in [2.45, 2.75) is 24.7 Å². The van der Waals surface area contributed by atoms with Crippen LogP contribution in [-0.2, 0) is 14.8 Å². The molecule has 0 atom stereocenters. The molecule has 2 aromatic rings. The lowest BCUT2D eigenvalue weighted by Gasteiger charge is -2.19. The molecule has 0 spiro atoms. The van der Waals surface area contributed by atoms with Crippen LogP contribution in [0.25, 0.3) is 0 Å². The molecule has 26 heavy (non-hydrogen) atoms. The lowest BCUT2D eigenvalue weighted by atomic mass is 10.2. The van der Waals surface area contributed by atoms with Crippen molar-refractivity contribution in [3.63, 3.8) is 0 Å². The Hall–Kier alpha value is -1.47. The zero-order valence-electron chi connectivity index (χ0n) is 13.7. The number of benzene rings is 2. The standard InChI is InChI=1S/C17H15Cl3N2O3S/c1-10-7-11(4-5-16(10)22-6-2-3-17(22)23)26(24,25)21-15-9-13(19)12(18)8-14(15)20/h4-5,7-9,21H,2-3,6H2,1H3. The molecule has 0 aromatic heterocycles. The van der Waals surface area contributed by atoms with Crippen LogP contribution in [0, 0.1) is 6.92 Å². The highest BCUT2D eigenvalue weighted by atomic mass is 35.5. The van der Waals surface area contributed by atoms with E-state index in [0.29, 0.717) is 18.5 Å². The van der Waals surface area contributed by atoms with Crippen LogP contribution in [-0.4, -0.2) is 20.9 Å². The van der Waals surface area contributed by atoms with Crippen LogP contribution in [0.4, 0.5) is 11.4 Å². The second-order valence-electron chi connectivity index (χ2n) is 5.95. The Bertz CT molecular complexity index is 993. The summed E-state index contributed by atoms with van der Waals surface area (Å²) in [6.07, 6.45) is 1.31. The summed E-state index contributed by atoms with van der Waals surface area (Å²) in [6.45, 7) is 2.41. The predicted molar refractivity (Wildman–Crippen MR) is 105 cm³/mol. The molecule has 1 amide bonds. The summed E-state index contributed by atoms with van der Waals surface area (Å²) in [5, 5.41) is 0.557. The monoisotopic (exact) mass is 432 g/mol. The number of carbonyl (C=O) groups is 1. The van der Waals surface area contributed by atoms with Crippen molar-refractivity contribution in [1.82, 2.24) is 0 Å². The van der Waals surface area contributed by atoms with Crippen molar-refractivity contribution in [1.29, 1.82) is 0 Å². The minimum Gasteiger partial charge on any atom is -0.312 e. The zero-order chi connectivity index (χ0) is 19.1. The Balaban J connectivity index is 1.92. The van der Waals surface area contributed by atoms with Crippen molar-refractivity contribution >= 4 is 62.1 Å². The van der Waals surface area contributed by atoms with Gasteiger partial charge in [-0.2, -0.15) is 0 Å². The molecule has 9 heteroatoms. The minimum atomic E-state index is -3.88. The van der Waals surface area contributed by atoms with E-state index in [0.717, 1.165) is 12.1 Å². The molecule has 1 aliphatic rings. The van der Waals surface area contributed by atoms with Gasteiger partial charge in [-0.05, 0) is 49.2 Å². The number of halogens is 3. The van der Waals surface area contributed by atoms with Crippen molar-refractivity contribution in [3.8, 4) is 0 Å². The van der Waals surface area contributed by atoms with E-state index in [9.17, 15) is 13.2 Å². The number of aryl methyl sites for hydroxylation is 1. The van der Waals surface area contributed by atoms with Gasteiger partial charge < -0.3 is 4.90 Å². The van der Waals surface area contributed by atoms with Crippen molar-refractivity contribution in [2.24, 2.45) is 0 Å². The summed E-state index contributed by atoms with van der Waals surface area (Å²) in [4.78, 5) is 13.6. The van der Waals surface area contributed by atoms with Crippen LogP contribution in [0.1, 0.15) is 18.4 Å². The molecule has 0 saturated carbocycles. The van der Waals surface area contributed by atoms with Gasteiger partial charge in [-0.15, -0.1) is 0 Å². The quantitative estimate of drug-likeness (QED) is 0.699. The molecular formula is C17H15Cl3N2O3S. The molecule has 0 radical (unpaired) electrons. The highest BCUT2D eigenvalue weighted by Gasteiger charge is 2.24. The molecule has 1 heterocycles. The molecule has 2 aromatic carbocycles. The second-order valence-corrected chi connectivity index (χ2v) is 8.85. The van der Waals surface area contributed by atoms with Crippen LogP contribution in [0.2, 0.25) is 15.1 Å². The zero-order valence-corrected chi connectivity index (χ0v) is 16.8. The minimum absolute atomic E-state index is 0.0458. The Morgan fingerprint density at radius 3 is 2.35 bits per heavy atom. The molecule has 3 rings (SSSR count). The Kier molecular flexibility index (Phi) is 5.40.